The molecule has 0 heterocycles. The molecule has 17 heavy (non-hydrogen) atoms. The van der Waals surface area contributed by atoms with Crippen LogP contribution in [-0.4, -0.2) is 19.4 Å². The van der Waals surface area contributed by atoms with E-state index in [1.54, 1.807) is 24.3 Å². The first-order valence-electron chi connectivity index (χ1n) is 5.34. The highest BCUT2D eigenvalue weighted by Crippen LogP contribution is 2.18. The largest absolute Gasteiger partial charge is 0.281 e. The Kier molecular flexibility index (Phi) is 4.71. The van der Waals surface area contributed by atoms with Crippen molar-refractivity contribution < 1.29 is 13.2 Å². The zero-order valence-electron chi connectivity index (χ0n) is 9.81. The lowest BCUT2D eigenvalue weighted by Crippen LogP contribution is -2.09. The summed E-state index contributed by atoms with van der Waals surface area (Å²) in [6.07, 6.45) is -0.157. The Bertz CT molecular complexity index is 489. The molecule has 0 aliphatic rings. The van der Waals surface area contributed by atoms with E-state index in [0.29, 0.717) is 5.92 Å². The zero-order chi connectivity index (χ0) is 13.1. The molecule has 0 radical (unpaired) electrons. The van der Waals surface area contributed by atoms with Crippen LogP contribution in [0.15, 0.2) is 29.2 Å². The number of sulfone groups is 1. The van der Waals surface area contributed by atoms with Gasteiger partial charge in [-0.15, -0.1) is 0 Å². The van der Waals surface area contributed by atoms with E-state index in [0.717, 1.165) is 5.56 Å². The fourth-order valence-electron chi connectivity index (χ4n) is 1.39. The molecule has 0 saturated heterocycles. The quantitative estimate of drug-likeness (QED) is 0.776. The lowest BCUT2D eigenvalue weighted by Gasteiger charge is -2.07. The van der Waals surface area contributed by atoms with Crippen molar-refractivity contribution >= 4 is 26.7 Å². The number of hydrogen-bond donors (Lipinski definition) is 0. The molecular formula is C12H15ClO3S. The highest BCUT2D eigenvalue weighted by Gasteiger charge is 2.15. The summed E-state index contributed by atoms with van der Waals surface area (Å²) in [7, 11) is -3.40. The molecule has 0 unspecified atom stereocenters. The average Bonchev–Trinajstić information content (AvgIpc) is 2.27. The maximum atomic E-state index is 11.8. The van der Waals surface area contributed by atoms with Gasteiger partial charge in [-0.3, -0.25) is 4.79 Å². The summed E-state index contributed by atoms with van der Waals surface area (Å²) in [6.45, 7) is 4.07. The molecule has 1 aromatic rings. The Labute approximate surface area is 107 Å². The minimum Gasteiger partial charge on any atom is -0.281 e. The predicted molar refractivity (Wildman–Crippen MR) is 68.1 cm³/mol. The molecule has 0 N–H and O–H groups in total. The third-order valence-electron chi connectivity index (χ3n) is 2.47. The predicted octanol–water partition coefficient (Wildman–Crippen LogP) is 2.74. The Balaban J connectivity index is 2.89. The molecule has 0 aromatic heterocycles. The SMILES string of the molecule is CC(C)c1ccc(S(=O)(=O)CCC(=O)Cl)cc1. The van der Waals surface area contributed by atoms with Gasteiger partial charge in [0.2, 0.25) is 5.24 Å². The van der Waals surface area contributed by atoms with Crippen LogP contribution in [0, 0.1) is 0 Å². The van der Waals surface area contributed by atoms with Crippen molar-refractivity contribution in [2.24, 2.45) is 0 Å². The molecule has 3 nitrogen and oxygen atoms in total. The summed E-state index contributed by atoms with van der Waals surface area (Å²) in [5, 5.41) is -0.632. The van der Waals surface area contributed by atoms with Gasteiger partial charge in [0.05, 0.1) is 10.6 Å². The number of benzene rings is 1. The number of rotatable bonds is 5. The number of halogens is 1. The molecule has 1 rings (SSSR count). The molecule has 0 fully saturated rings. The van der Waals surface area contributed by atoms with Gasteiger partial charge in [-0.2, -0.15) is 0 Å². The Morgan fingerprint density at radius 2 is 1.76 bits per heavy atom. The molecule has 0 aliphatic carbocycles. The summed E-state index contributed by atoms with van der Waals surface area (Å²) >= 11 is 5.13. The second kappa shape index (κ2) is 5.65. The third kappa shape index (κ3) is 4.13. The van der Waals surface area contributed by atoms with E-state index in [9.17, 15) is 13.2 Å². The van der Waals surface area contributed by atoms with E-state index in [1.807, 2.05) is 13.8 Å². The maximum absolute atomic E-state index is 11.8. The van der Waals surface area contributed by atoms with E-state index in [1.165, 1.54) is 0 Å². The first kappa shape index (κ1) is 14.2. The van der Waals surface area contributed by atoms with Crippen molar-refractivity contribution in [3.8, 4) is 0 Å². The van der Waals surface area contributed by atoms with Crippen LogP contribution < -0.4 is 0 Å². The molecule has 0 atom stereocenters. The highest BCUT2D eigenvalue weighted by molar-refractivity contribution is 7.91. The van der Waals surface area contributed by atoms with Crippen molar-refractivity contribution in [1.29, 1.82) is 0 Å². The summed E-state index contributed by atoms with van der Waals surface area (Å²) in [6, 6.07) is 6.73. The van der Waals surface area contributed by atoms with Gasteiger partial charge in [-0.1, -0.05) is 26.0 Å². The Morgan fingerprint density at radius 3 is 2.18 bits per heavy atom. The van der Waals surface area contributed by atoms with Crippen LogP contribution in [0.1, 0.15) is 31.7 Å². The minimum absolute atomic E-state index is 0.157. The molecule has 0 amide bonds. The summed E-state index contributed by atoms with van der Waals surface area (Å²) in [4.78, 5) is 10.8. The number of hydrogen-bond acceptors (Lipinski definition) is 3. The zero-order valence-corrected chi connectivity index (χ0v) is 11.4. The van der Waals surface area contributed by atoms with Crippen LogP contribution >= 0.6 is 11.6 Å². The maximum Gasteiger partial charge on any atom is 0.222 e. The average molecular weight is 275 g/mol. The van der Waals surface area contributed by atoms with Gasteiger partial charge in [0, 0.05) is 6.42 Å². The lowest BCUT2D eigenvalue weighted by molar-refractivity contribution is -0.111. The summed E-state index contributed by atoms with van der Waals surface area (Å²) < 4.78 is 23.6. The molecule has 1 aromatic carbocycles. The van der Waals surface area contributed by atoms with Crippen molar-refractivity contribution in [3.63, 3.8) is 0 Å². The van der Waals surface area contributed by atoms with Crippen LogP contribution in [0.4, 0.5) is 0 Å². The monoisotopic (exact) mass is 274 g/mol. The van der Waals surface area contributed by atoms with Crippen molar-refractivity contribution in [2.75, 3.05) is 5.75 Å². The highest BCUT2D eigenvalue weighted by atomic mass is 35.5. The lowest BCUT2D eigenvalue weighted by atomic mass is 10.0. The van der Waals surface area contributed by atoms with E-state index >= 15 is 0 Å². The first-order chi connectivity index (χ1) is 7.83. The standard InChI is InChI=1S/C12H15ClO3S/c1-9(2)10-3-5-11(6-4-10)17(15,16)8-7-12(13)14/h3-6,9H,7-8H2,1-2H3. The molecule has 0 aliphatic heterocycles. The molecule has 0 spiro atoms. The van der Waals surface area contributed by atoms with Gasteiger partial charge in [-0.25, -0.2) is 8.42 Å². The van der Waals surface area contributed by atoms with Crippen LogP contribution in [-0.2, 0) is 14.6 Å². The van der Waals surface area contributed by atoms with Crippen molar-refractivity contribution in [1.82, 2.24) is 0 Å². The number of carbonyl (C=O) groups is 1. The van der Waals surface area contributed by atoms with Gasteiger partial charge in [-0.05, 0) is 35.2 Å². The molecular weight excluding hydrogens is 260 g/mol. The van der Waals surface area contributed by atoms with Gasteiger partial charge in [0.25, 0.3) is 0 Å². The second-order valence-electron chi connectivity index (χ2n) is 4.15. The molecule has 94 valence electrons. The Morgan fingerprint density at radius 1 is 1.24 bits per heavy atom. The van der Waals surface area contributed by atoms with Gasteiger partial charge in [0.1, 0.15) is 0 Å². The van der Waals surface area contributed by atoms with Crippen LogP contribution in [0.25, 0.3) is 0 Å². The van der Waals surface area contributed by atoms with E-state index < -0.39 is 15.1 Å². The van der Waals surface area contributed by atoms with Gasteiger partial charge in [0.15, 0.2) is 9.84 Å². The molecule has 5 heteroatoms. The van der Waals surface area contributed by atoms with Crippen LogP contribution in [0.2, 0.25) is 0 Å². The normalized spacial score (nSPS) is 11.8. The number of carbonyl (C=O) groups excluding carboxylic acids is 1. The third-order valence-corrected chi connectivity index (χ3v) is 4.39. The van der Waals surface area contributed by atoms with Crippen LogP contribution in [0.5, 0.6) is 0 Å². The van der Waals surface area contributed by atoms with Crippen molar-refractivity contribution in [3.05, 3.63) is 29.8 Å². The Hall–Kier alpha value is -0.870. The fourth-order valence-corrected chi connectivity index (χ4v) is 2.84. The van der Waals surface area contributed by atoms with E-state index in [-0.39, 0.29) is 17.1 Å². The van der Waals surface area contributed by atoms with E-state index in [4.69, 9.17) is 11.6 Å². The fraction of sp³-hybridized carbons (Fsp3) is 0.417. The van der Waals surface area contributed by atoms with E-state index in [2.05, 4.69) is 0 Å². The topological polar surface area (TPSA) is 51.2 Å². The molecule has 0 saturated carbocycles. The van der Waals surface area contributed by atoms with Crippen molar-refractivity contribution in [2.45, 2.75) is 31.1 Å². The second-order valence-corrected chi connectivity index (χ2v) is 6.68. The first-order valence-corrected chi connectivity index (χ1v) is 7.37. The smallest absolute Gasteiger partial charge is 0.222 e. The van der Waals surface area contributed by atoms with Gasteiger partial charge < -0.3 is 0 Å². The summed E-state index contributed by atoms with van der Waals surface area (Å²) in [5.41, 5.74) is 1.08. The summed E-state index contributed by atoms with van der Waals surface area (Å²) in [5.74, 6) is 0.118. The van der Waals surface area contributed by atoms with Crippen LogP contribution in [0.3, 0.4) is 0 Å². The van der Waals surface area contributed by atoms with Gasteiger partial charge >= 0.3 is 0 Å². The molecule has 0 bridgehead atoms. The minimum atomic E-state index is -3.40.